The molecule has 1 fully saturated rings. The lowest BCUT2D eigenvalue weighted by molar-refractivity contribution is 0.0472. The lowest BCUT2D eigenvalue weighted by Crippen LogP contribution is -2.37. The highest BCUT2D eigenvalue weighted by molar-refractivity contribution is 7.99. The quantitative estimate of drug-likeness (QED) is 0.860. The van der Waals surface area contributed by atoms with Crippen LogP contribution in [0.25, 0.3) is 0 Å². The van der Waals surface area contributed by atoms with Crippen LogP contribution in [0.15, 0.2) is 12.4 Å². The molecule has 1 aliphatic rings. The molecule has 2 unspecified atom stereocenters. The fourth-order valence-electron chi connectivity index (χ4n) is 1.98. The first-order valence-corrected chi connectivity index (χ1v) is 6.88. The van der Waals surface area contributed by atoms with Crippen LogP contribution in [-0.2, 0) is 11.8 Å². The Balaban J connectivity index is 2.09. The molecule has 2 heterocycles. The van der Waals surface area contributed by atoms with E-state index >= 15 is 0 Å². The number of likely N-dealkylation sites (N-methyl/N-ethyl adjacent to an activating group) is 1. The van der Waals surface area contributed by atoms with Crippen molar-refractivity contribution in [3.63, 3.8) is 0 Å². The smallest absolute Gasteiger partial charge is 0.0861 e. The molecule has 0 radical (unpaired) electrons. The number of hydrogen-bond acceptors (Lipinski definition) is 4. The topological polar surface area (TPSA) is 39.1 Å². The van der Waals surface area contributed by atoms with E-state index in [0.29, 0.717) is 0 Å². The van der Waals surface area contributed by atoms with E-state index in [4.69, 9.17) is 4.74 Å². The van der Waals surface area contributed by atoms with Gasteiger partial charge in [-0.1, -0.05) is 6.92 Å². The second-order valence-electron chi connectivity index (χ2n) is 3.97. The second-order valence-corrected chi connectivity index (χ2v) is 5.12. The van der Waals surface area contributed by atoms with Crippen LogP contribution >= 0.6 is 11.8 Å². The van der Waals surface area contributed by atoms with Crippen molar-refractivity contribution < 1.29 is 4.74 Å². The van der Waals surface area contributed by atoms with Gasteiger partial charge < -0.3 is 10.1 Å². The molecule has 0 bridgehead atoms. The molecule has 0 aliphatic carbocycles. The lowest BCUT2D eigenvalue weighted by Gasteiger charge is -2.30. The van der Waals surface area contributed by atoms with Crippen LogP contribution in [0.1, 0.15) is 18.5 Å². The Morgan fingerprint density at radius 2 is 2.62 bits per heavy atom. The van der Waals surface area contributed by atoms with Crippen LogP contribution in [0.3, 0.4) is 0 Å². The summed E-state index contributed by atoms with van der Waals surface area (Å²) < 4.78 is 7.68. The summed E-state index contributed by atoms with van der Waals surface area (Å²) >= 11 is 1.97. The Morgan fingerprint density at radius 1 is 1.75 bits per heavy atom. The van der Waals surface area contributed by atoms with E-state index in [0.717, 1.165) is 24.7 Å². The fourth-order valence-corrected chi connectivity index (χ4v) is 2.88. The predicted octanol–water partition coefficient (Wildman–Crippen LogP) is 1.20. The maximum absolute atomic E-state index is 5.84. The predicted molar refractivity (Wildman–Crippen MR) is 66.7 cm³/mol. The third-order valence-corrected chi connectivity index (χ3v) is 3.74. The molecule has 0 saturated carbocycles. The van der Waals surface area contributed by atoms with Crippen molar-refractivity contribution >= 4 is 11.8 Å². The molecule has 2 atom stereocenters. The monoisotopic (exact) mass is 241 g/mol. The Bertz CT molecular complexity index is 323. The summed E-state index contributed by atoms with van der Waals surface area (Å²) in [5, 5.41) is 7.72. The molecule has 1 aromatic heterocycles. The third kappa shape index (κ3) is 2.78. The van der Waals surface area contributed by atoms with Crippen molar-refractivity contribution in [1.82, 2.24) is 15.1 Å². The Hall–Kier alpha value is -0.520. The molecule has 1 aromatic rings. The van der Waals surface area contributed by atoms with Gasteiger partial charge in [0.05, 0.1) is 24.9 Å². The van der Waals surface area contributed by atoms with Crippen LogP contribution in [0, 0.1) is 0 Å². The summed E-state index contributed by atoms with van der Waals surface area (Å²) in [6, 6.07) is 0.270. The van der Waals surface area contributed by atoms with Crippen molar-refractivity contribution in [1.29, 1.82) is 0 Å². The first-order valence-electron chi connectivity index (χ1n) is 5.72. The summed E-state index contributed by atoms with van der Waals surface area (Å²) in [6.45, 7) is 3.93. The zero-order valence-electron chi connectivity index (χ0n) is 9.85. The van der Waals surface area contributed by atoms with Crippen molar-refractivity contribution in [2.75, 3.05) is 24.7 Å². The van der Waals surface area contributed by atoms with Gasteiger partial charge in [-0.15, -0.1) is 0 Å². The molecule has 1 saturated heterocycles. The highest BCUT2D eigenvalue weighted by Crippen LogP contribution is 2.25. The second kappa shape index (κ2) is 5.70. The Kier molecular flexibility index (Phi) is 4.26. The highest BCUT2D eigenvalue weighted by Gasteiger charge is 2.26. The molecule has 0 spiro atoms. The minimum Gasteiger partial charge on any atom is -0.375 e. The number of aryl methyl sites for hydroxylation is 1. The zero-order valence-corrected chi connectivity index (χ0v) is 10.7. The lowest BCUT2D eigenvalue weighted by atomic mass is 10.1. The Morgan fingerprint density at radius 3 is 3.19 bits per heavy atom. The Labute approximate surface area is 101 Å². The van der Waals surface area contributed by atoms with Gasteiger partial charge in [-0.3, -0.25) is 4.68 Å². The van der Waals surface area contributed by atoms with Crippen LogP contribution < -0.4 is 5.32 Å². The van der Waals surface area contributed by atoms with Gasteiger partial charge in [-0.25, -0.2) is 0 Å². The maximum Gasteiger partial charge on any atom is 0.0861 e. The third-order valence-electron chi connectivity index (χ3n) is 2.72. The summed E-state index contributed by atoms with van der Waals surface area (Å²) in [5.74, 6) is 2.18. The number of aromatic nitrogens is 2. The zero-order chi connectivity index (χ0) is 11.4. The minimum atomic E-state index is 0.267. The van der Waals surface area contributed by atoms with Crippen LogP contribution in [0.4, 0.5) is 0 Å². The summed E-state index contributed by atoms with van der Waals surface area (Å²) in [7, 11) is 1.95. The van der Waals surface area contributed by atoms with Gasteiger partial charge in [-0.2, -0.15) is 16.9 Å². The first-order chi connectivity index (χ1) is 7.81. The molecule has 1 N–H and O–H groups in total. The van der Waals surface area contributed by atoms with E-state index in [9.17, 15) is 0 Å². The van der Waals surface area contributed by atoms with Gasteiger partial charge in [-0.05, 0) is 6.54 Å². The molecular formula is C11H19N3OS. The molecule has 16 heavy (non-hydrogen) atoms. The van der Waals surface area contributed by atoms with Crippen molar-refractivity contribution in [2.45, 2.75) is 19.1 Å². The van der Waals surface area contributed by atoms with Crippen LogP contribution in [-0.4, -0.2) is 40.5 Å². The summed E-state index contributed by atoms with van der Waals surface area (Å²) in [5.41, 5.74) is 1.22. The van der Waals surface area contributed by atoms with Gasteiger partial charge in [0.25, 0.3) is 0 Å². The van der Waals surface area contributed by atoms with Gasteiger partial charge >= 0.3 is 0 Å². The molecule has 4 nitrogen and oxygen atoms in total. The van der Waals surface area contributed by atoms with Crippen molar-refractivity contribution in [3.05, 3.63) is 18.0 Å². The van der Waals surface area contributed by atoms with E-state index < -0.39 is 0 Å². The van der Waals surface area contributed by atoms with Crippen LogP contribution in [0.5, 0.6) is 0 Å². The average molecular weight is 241 g/mol. The molecular weight excluding hydrogens is 222 g/mol. The molecule has 90 valence electrons. The highest BCUT2D eigenvalue weighted by atomic mass is 32.2. The molecule has 2 rings (SSSR count). The SMILES string of the molecule is CCNC(c1cnn(C)c1)C1CSCCO1. The van der Waals surface area contributed by atoms with Crippen molar-refractivity contribution in [2.24, 2.45) is 7.05 Å². The minimum absolute atomic E-state index is 0.267. The number of ether oxygens (including phenoxy) is 1. The number of thioether (sulfide) groups is 1. The molecule has 0 aromatic carbocycles. The fraction of sp³-hybridized carbons (Fsp3) is 0.727. The van der Waals surface area contributed by atoms with Gasteiger partial charge in [0, 0.05) is 30.3 Å². The van der Waals surface area contributed by atoms with E-state index in [-0.39, 0.29) is 12.1 Å². The first kappa shape index (κ1) is 12.0. The van der Waals surface area contributed by atoms with Gasteiger partial charge in [0.2, 0.25) is 0 Å². The maximum atomic E-state index is 5.84. The normalized spacial score (nSPS) is 23.2. The molecule has 5 heteroatoms. The van der Waals surface area contributed by atoms with E-state index in [1.165, 1.54) is 5.56 Å². The summed E-state index contributed by atoms with van der Waals surface area (Å²) in [6.07, 6.45) is 4.26. The van der Waals surface area contributed by atoms with E-state index in [1.807, 2.05) is 29.7 Å². The van der Waals surface area contributed by atoms with E-state index in [1.54, 1.807) is 0 Å². The standard InChI is InChI=1S/C11H19N3OS/c1-3-12-11(9-6-13-14(2)7-9)10-8-16-5-4-15-10/h6-7,10-12H,3-5,8H2,1-2H3. The van der Waals surface area contributed by atoms with Crippen molar-refractivity contribution in [3.8, 4) is 0 Å². The number of nitrogens with zero attached hydrogens (tertiary/aromatic N) is 2. The van der Waals surface area contributed by atoms with Gasteiger partial charge in [0.15, 0.2) is 0 Å². The number of hydrogen-bond donors (Lipinski definition) is 1. The van der Waals surface area contributed by atoms with E-state index in [2.05, 4.69) is 23.5 Å². The van der Waals surface area contributed by atoms with Gasteiger partial charge in [0.1, 0.15) is 0 Å². The summed E-state index contributed by atoms with van der Waals surface area (Å²) in [4.78, 5) is 0. The number of nitrogens with one attached hydrogen (secondary N) is 1. The van der Waals surface area contributed by atoms with Crippen LogP contribution in [0.2, 0.25) is 0 Å². The molecule has 0 amide bonds. The largest absolute Gasteiger partial charge is 0.375 e. The number of rotatable bonds is 4. The average Bonchev–Trinajstić information content (AvgIpc) is 2.74. The molecule has 1 aliphatic heterocycles.